The van der Waals surface area contributed by atoms with Crippen molar-refractivity contribution >= 4 is 0 Å². The van der Waals surface area contributed by atoms with Crippen LogP contribution in [0.25, 0.3) is 0 Å². The number of ether oxygens (including phenoxy) is 1. The molecule has 8 unspecified atom stereocenters. The molecule has 4 saturated carbocycles. The lowest BCUT2D eigenvalue weighted by Crippen LogP contribution is -2.57. The molecule has 130 valence electrons. The second-order valence-electron chi connectivity index (χ2n) is 8.48. The average molecular weight is 338 g/mol. The average Bonchev–Trinajstić information content (AvgIpc) is 3.14. The predicted octanol–water partition coefficient (Wildman–Crippen LogP) is 3.73. The Bertz CT molecular complexity index is 563. The highest BCUT2D eigenvalue weighted by atomic mass is 19.4. The third-order valence-electron chi connectivity index (χ3n) is 7.65. The van der Waals surface area contributed by atoms with Crippen molar-refractivity contribution in [2.75, 3.05) is 0 Å². The van der Waals surface area contributed by atoms with Crippen LogP contribution in [0.1, 0.15) is 38.5 Å². The molecule has 1 N–H and O–H groups in total. The van der Waals surface area contributed by atoms with Crippen LogP contribution in [0, 0.1) is 35.5 Å². The molecule has 0 aromatic carbocycles. The van der Waals surface area contributed by atoms with Crippen molar-refractivity contribution in [3.05, 3.63) is 0 Å². The number of fused-ring (bicyclic) bond motifs is 10. The maximum absolute atomic E-state index is 14.1. The molecule has 1 aliphatic heterocycles. The van der Waals surface area contributed by atoms with Crippen LogP contribution in [0.5, 0.6) is 0 Å². The summed E-state index contributed by atoms with van der Waals surface area (Å²) < 4.78 is 72.4. The summed E-state index contributed by atoms with van der Waals surface area (Å²) in [6.07, 6.45) is -2.23. The van der Waals surface area contributed by atoms with E-state index in [0.717, 1.165) is 12.8 Å². The number of halogens is 5. The second-order valence-corrected chi connectivity index (χ2v) is 8.48. The van der Waals surface area contributed by atoms with Gasteiger partial charge in [-0.05, 0) is 67.6 Å². The Morgan fingerprint density at radius 3 is 2.22 bits per heavy atom. The van der Waals surface area contributed by atoms with E-state index >= 15 is 0 Å². The SMILES string of the molecule is OC1(C(F)(F)F)OC2(CC3CC2C2C4CCC(C4)C32)CC1(F)F. The van der Waals surface area contributed by atoms with Gasteiger partial charge in [0.05, 0.1) is 5.60 Å². The van der Waals surface area contributed by atoms with Crippen LogP contribution >= 0.6 is 0 Å². The van der Waals surface area contributed by atoms with Crippen LogP contribution in [0.2, 0.25) is 0 Å². The van der Waals surface area contributed by atoms with E-state index in [1.54, 1.807) is 0 Å². The zero-order valence-corrected chi connectivity index (χ0v) is 12.5. The lowest BCUT2D eigenvalue weighted by atomic mass is 9.65. The molecule has 7 heteroatoms. The summed E-state index contributed by atoms with van der Waals surface area (Å²) in [7, 11) is 0. The van der Waals surface area contributed by atoms with Crippen molar-refractivity contribution < 1.29 is 31.8 Å². The van der Waals surface area contributed by atoms with Gasteiger partial charge < -0.3 is 9.84 Å². The summed E-state index contributed by atoms with van der Waals surface area (Å²) in [5, 5.41) is 9.68. The fourth-order valence-electron chi connectivity index (χ4n) is 7.18. The maximum atomic E-state index is 14.1. The summed E-state index contributed by atoms with van der Waals surface area (Å²) in [5.74, 6) is -6.91. The van der Waals surface area contributed by atoms with Gasteiger partial charge in [-0.1, -0.05) is 0 Å². The van der Waals surface area contributed by atoms with E-state index in [2.05, 4.69) is 0 Å². The van der Waals surface area contributed by atoms with Crippen LogP contribution in [0.15, 0.2) is 0 Å². The van der Waals surface area contributed by atoms with E-state index in [1.807, 2.05) is 0 Å². The lowest BCUT2D eigenvalue weighted by molar-refractivity contribution is -0.416. The number of hydrogen-bond acceptors (Lipinski definition) is 2. The topological polar surface area (TPSA) is 29.5 Å². The third-order valence-corrected chi connectivity index (χ3v) is 7.65. The van der Waals surface area contributed by atoms with Crippen LogP contribution in [0.3, 0.4) is 0 Å². The quantitative estimate of drug-likeness (QED) is 0.539. The summed E-state index contributed by atoms with van der Waals surface area (Å²) in [5.41, 5.74) is -1.50. The molecule has 1 heterocycles. The van der Waals surface area contributed by atoms with E-state index in [1.165, 1.54) is 6.42 Å². The molecule has 0 radical (unpaired) electrons. The van der Waals surface area contributed by atoms with Gasteiger partial charge in [-0.15, -0.1) is 0 Å². The van der Waals surface area contributed by atoms with Crippen molar-refractivity contribution in [3.8, 4) is 0 Å². The number of alkyl halides is 5. The summed E-state index contributed by atoms with van der Waals surface area (Å²) in [6, 6.07) is 0. The van der Waals surface area contributed by atoms with Gasteiger partial charge in [0.2, 0.25) is 0 Å². The second kappa shape index (κ2) is 3.87. The molecular formula is C16H19F5O2. The van der Waals surface area contributed by atoms with Crippen LogP contribution in [-0.4, -0.2) is 28.6 Å². The summed E-state index contributed by atoms with van der Waals surface area (Å²) in [4.78, 5) is 0. The van der Waals surface area contributed by atoms with Crippen molar-refractivity contribution in [2.24, 2.45) is 35.5 Å². The molecular weight excluding hydrogens is 319 g/mol. The number of rotatable bonds is 0. The fourth-order valence-corrected chi connectivity index (χ4v) is 7.18. The molecule has 5 fully saturated rings. The van der Waals surface area contributed by atoms with Crippen LogP contribution in [0.4, 0.5) is 22.0 Å². The normalized spacial score (nSPS) is 59.2. The first-order chi connectivity index (χ1) is 10.6. The largest absolute Gasteiger partial charge is 0.449 e. The van der Waals surface area contributed by atoms with E-state index in [-0.39, 0.29) is 24.2 Å². The Balaban J connectivity index is 1.52. The van der Waals surface area contributed by atoms with Crippen LogP contribution in [-0.2, 0) is 4.74 Å². The zero-order valence-electron chi connectivity index (χ0n) is 12.5. The molecule has 8 atom stereocenters. The molecule has 5 aliphatic rings. The Labute approximate surface area is 130 Å². The van der Waals surface area contributed by atoms with Gasteiger partial charge in [0.25, 0.3) is 0 Å². The standard InChI is InChI=1S/C16H19F5O2/c17-14(18)6-13(23-15(14,22)16(19,20)21)5-9-4-10(13)12-8-2-1-7(3-8)11(9)12/h7-12,22H,1-6H2. The smallest absolute Gasteiger partial charge is 0.354 e. The molecule has 4 bridgehead atoms. The lowest BCUT2D eigenvalue weighted by Gasteiger charge is -2.44. The van der Waals surface area contributed by atoms with E-state index in [9.17, 15) is 27.1 Å². The molecule has 2 nitrogen and oxygen atoms in total. The first kappa shape index (κ1) is 14.9. The van der Waals surface area contributed by atoms with Gasteiger partial charge in [-0.25, -0.2) is 8.78 Å². The molecule has 0 aromatic heterocycles. The van der Waals surface area contributed by atoms with E-state index in [0.29, 0.717) is 24.2 Å². The molecule has 0 aromatic rings. The first-order valence-electron chi connectivity index (χ1n) is 8.45. The minimum absolute atomic E-state index is 0.187. The Kier molecular flexibility index (Phi) is 2.50. The minimum atomic E-state index is -5.49. The molecule has 1 saturated heterocycles. The Morgan fingerprint density at radius 2 is 1.61 bits per heavy atom. The molecule has 1 spiro atoms. The summed E-state index contributed by atoms with van der Waals surface area (Å²) in [6.45, 7) is 0. The zero-order chi connectivity index (χ0) is 16.4. The molecule has 5 rings (SSSR count). The number of aliphatic hydroxyl groups is 1. The highest BCUT2D eigenvalue weighted by Crippen LogP contribution is 2.74. The fraction of sp³-hybridized carbons (Fsp3) is 1.00. The monoisotopic (exact) mass is 338 g/mol. The van der Waals surface area contributed by atoms with Crippen molar-refractivity contribution in [3.63, 3.8) is 0 Å². The number of hydrogen-bond donors (Lipinski definition) is 1. The Hall–Kier alpha value is -0.430. The van der Waals surface area contributed by atoms with Crippen molar-refractivity contribution in [2.45, 2.75) is 62.0 Å². The van der Waals surface area contributed by atoms with Crippen molar-refractivity contribution in [1.82, 2.24) is 0 Å². The highest BCUT2D eigenvalue weighted by Gasteiger charge is 2.82. The van der Waals surface area contributed by atoms with Gasteiger partial charge in [0.15, 0.2) is 0 Å². The molecule has 0 amide bonds. The van der Waals surface area contributed by atoms with Gasteiger partial charge in [0, 0.05) is 6.42 Å². The Morgan fingerprint density at radius 1 is 0.957 bits per heavy atom. The predicted molar refractivity (Wildman–Crippen MR) is 68.4 cm³/mol. The van der Waals surface area contributed by atoms with Gasteiger partial charge in [-0.2, -0.15) is 13.2 Å². The van der Waals surface area contributed by atoms with Gasteiger partial charge >= 0.3 is 17.9 Å². The minimum Gasteiger partial charge on any atom is -0.354 e. The van der Waals surface area contributed by atoms with Crippen molar-refractivity contribution in [1.29, 1.82) is 0 Å². The summed E-state index contributed by atoms with van der Waals surface area (Å²) >= 11 is 0. The van der Waals surface area contributed by atoms with Gasteiger partial charge in [0.1, 0.15) is 0 Å². The van der Waals surface area contributed by atoms with E-state index in [4.69, 9.17) is 4.74 Å². The van der Waals surface area contributed by atoms with E-state index < -0.39 is 29.9 Å². The highest BCUT2D eigenvalue weighted by molar-refractivity contribution is 5.20. The molecule has 23 heavy (non-hydrogen) atoms. The maximum Gasteiger partial charge on any atom is 0.449 e. The van der Waals surface area contributed by atoms with Crippen LogP contribution < -0.4 is 0 Å². The third kappa shape index (κ3) is 1.53. The molecule has 4 aliphatic carbocycles. The van der Waals surface area contributed by atoms with Gasteiger partial charge in [-0.3, -0.25) is 0 Å². The first-order valence-corrected chi connectivity index (χ1v) is 8.45.